The van der Waals surface area contributed by atoms with Crippen LogP contribution in [0.25, 0.3) is 10.9 Å². The number of para-hydroxylation sites is 1. The highest BCUT2D eigenvalue weighted by molar-refractivity contribution is 6.08. The van der Waals surface area contributed by atoms with Crippen LogP contribution in [0.1, 0.15) is 16.9 Å². The molecule has 1 atom stereocenters. The Hall–Kier alpha value is -3.00. The summed E-state index contributed by atoms with van der Waals surface area (Å²) in [5.74, 6) is -2.88. The molecule has 0 aliphatic carbocycles. The molecule has 0 aliphatic rings. The van der Waals surface area contributed by atoms with Gasteiger partial charge in [-0.15, -0.1) is 0 Å². The second kappa shape index (κ2) is 7.05. The number of imide groups is 1. The summed E-state index contributed by atoms with van der Waals surface area (Å²) in [6.45, 7) is -0.514. The summed E-state index contributed by atoms with van der Waals surface area (Å²) in [6.07, 6.45) is -0.410. The Kier molecular flexibility index (Phi) is 5.10. The minimum atomic E-state index is -1.41. The molecule has 2 rings (SSSR count). The number of carboxylic acids is 1. The van der Waals surface area contributed by atoms with Crippen LogP contribution in [0.2, 0.25) is 0 Å². The molecule has 0 bridgehead atoms. The molecule has 0 fully saturated rings. The average molecular weight is 331 g/mol. The van der Waals surface area contributed by atoms with Crippen molar-refractivity contribution in [3.05, 3.63) is 36.0 Å². The molecular weight excluding hydrogens is 314 g/mol. The van der Waals surface area contributed by atoms with E-state index >= 15 is 0 Å². The lowest BCUT2D eigenvalue weighted by atomic mass is 10.1. The van der Waals surface area contributed by atoms with Gasteiger partial charge in [0.05, 0.1) is 13.0 Å². The number of nitrogens with two attached hydrogens (primary N) is 1. The Morgan fingerprint density at radius 1 is 1.33 bits per heavy atom. The molecule has 0 unspecified atom stereocenters. The van der Waals surface area contributed by atoms with Crippen LogP contribution < -0.4 is 5.73 Å². The molecular formula is C16H17N3O5. The SMILES string of the molecule is Cn1c(C(=O)N(C(=O)CN)[C@H](C=O)CC(=O)O)cc2ccccc21. The number of aromatic nitrogens is 1. The van der Waals surface area contributed by atoms with Crippen molar-refractivity contribution in [3.63, 3.8) is 0 Å². The molecule has 0 aliphatic heterocycles. The Labute approximate surface area is 137 Å². The largest absolute Gasteiger partial charge is 0.481 e. The maximum atomic E-state index is 12.8. The molecule has 2 aromatic rings. The van der Waals surface area contributed by atoms with Crippen molar-refractivity contribution in [2.24, 2.45) is 12.8 Å². The second-order valence-electron chi connectivity index (χ2n) is 5.22. The van der Waals surface area contributed by atoms with Crippen LogP contribution in [0.3, 0.4) is 0 Å². The first-order chi connectivity index (χ1) is 11.4. The summed E-state index contributed by atoms with van der Waals surface area (Å²) in [4.78, 5) is 47.6. The third-order valence-corrected chi connectivity index (χ3v) is 3.71. The molecule has 1 aromatic heterocycles. The van der Waals surface area contributed by atoms with Gasteiger partial charge in [0, 0.05) is 18.0 Å². The van der Waals surface area contributed by atoms with E-state index in [1.165, 1.54) is 0 Å². The van der Waals surface area contributed by atoms with Crippen molar-refractivity contribution >= 4 is 35.0 Å². The summed E-state index contributed by atoms with van der Waals surface area (Å²) in [5, 5.41) is 9.68. The highest BCUT2D eigenvalue weighted by Crippen LogP contribution is 2.20. The van der Waals surface area contributed by atoms with E-state index in [0.717, 1.165) is 10.9 Å². The first kappa shape index (κ1) is 17.4. The summed E-state index contributed by atoms with van der Waals surface area (Å²) < 4.78 is 1.58. The lowest BCUT2D eigenvalue weighted by Crippen LogP contribution is -2.49. The van der Waals surface area contributed by atoms with E-state index in [9.17, 15) is 19.2 Å². The van der Waals surface area contributed by atoms with Gasteiger partial charge in [0.15, 0.2) is 0 Å². The maximum Gasteiger partial charge on any atom is 0.305 e. The van der Waals surface area contributed by atoms with Crippen LogP contribution in [-0.2, 0) is 21.4 Å². The van der Waals surface area contributed by atoms with Gasteiger partial charge in [0.25, 0.3) is 5.91 Å². The van der Waals surface area contributed by atoms with Gasteiger partial charge in [-0.1, -0.05) is 18.2 Å². The molecule has 0 radical (unpaired) electrons. The Balaban J connectivity index is 2.50. The summed E-state index contributed by atoms with van der Waals surface area (Å²) in [7, 11) is 1.65. The van der Waals surface area contributed by atoms with Crippen LogP contribution in [0, 0.1) is 0 Å². The van der Waals surface area contributed by atoms with Crippen LogP contribution in [0.15, 0.2) is 30.3 Å². The Morgan fingerprint density at radius 3 is 2.54 bits per heavy atom. The minimum Gasteiger partial charge on any atom is -0.481 e. The number of hydrogen-bond donors (Lipinski definition) is 2. The number of hydrogen-bond acceptors (Lipinski definition) is 5. The van der Waals surface area contributed by atoms with Crippen LogP contribution in [-0.4, -0.2) is 51.2 Å². The van der Waals surface area contributed by atoms with Gasteiger partial charge in [-0.3, -0.25) is 19.3 Å². The number of carboxylic acid groups (broad SMARTS) is 1. The number of carbonyl (C=O) groups excluding carboxylic acids is 3. The standard InChI is InChI=1S/C16H17N3O5/c1-18-12-5-3-2-4-10(12)6-13(18)16(24)19(14(21)8-17)11(9-20)7-15(22)23/h2-6,9,11H,7-8,17H2,1H3,(H,22,23)/t11-/m0/s1. The van der Waals surface area contributed by atoms with Crippen molar-refractivity contribution in [2.75, 3.05) is 6.54 Å². The lowest BCUT2D eigenvalue weighted by Gasteiger charge is -2.25. The van der Waals surface area contributed by atoms with Crippen molar-refractivity contribution in [2.45, 2.75) is 12.5 Å². The zero-order valence-corrected chi connectivity index (χ0v) is 13.0. The second-order valence-corrected chi connectivity index (χ2v) is 5.22. The number of rotatable bonds is 6. The van der Waals surface area contributed by atoms with Crippen LogP contribution in [0.4, 0.5) is 0 Å². The summed E-state index contributed by atoms with van der Waals surface area (Å²) in [5.41, 5.74) is 6.24. The van der Waals surface area contributed by atoms with Gasteiger partial charge in [0.1, 0.15) is 18.0 Å². The number of aryl methyl sites for hydroxylation is 1. The molecule has 8 heteroatoms. The lowest BCUT2D eigenvalue weighted by molar-refractivity contribution is -0.141. The molecule has 8 nitrogen and oxygen atoms in total. The van der Waals surface area contributed by atoms with E-state index in [1.54, 1.807) is 41.9 Å². The molecule has 24 heavy (non-hydrogen) atoms. The minimum absolute atomic E-state index is 0.162. The third-order valence-electron chi connectivity index (χ3n) is 3.71. The van der Waals surface area contributed by atoms with E-state index in [4.69, 9.17) is 10.8 Å². The number of benzene rings is 1. The molecule has 3 N–H and O–H groups in total. The van der Waals surface area contributed by atoms with Gasteiger partial charge in [-0.2, -0.15) is 0 Å². The molecule has 0 saturated carbocycles. The molecule has 0 saturated heterocycles. The smallest absolute Gasteiger partial charge is 0.305 e. The van der Waals surface area contributed by atoms with E-state index in [-0.39, 0.29) is 12.0 Å². The molecule has 2 amide bonds. The van der Waals surface area contributed by atoms with E-state index in [1.807, 2.05) is 0 Å². The quantitative estimate of drug-likeness (QED) is 0.726. The molecule has 1 heterocycles. The zero-order valence-electron chi connectivity index (χ0n) is 13.0. The highest BCUT2D eigenvalue weighted by atomic mass is 16.4. The average Bonchev–Trinajstić information content (AvgIpc) is 2.90. The van der Waals surface area contributed by atoms with Crippen LogP contribution >= 0.6 is 0 Å². The van der Waals surface area contributed by atoms with Gasteiger partial charge in [0.2, 0.25) is 5.91 Å². The van der Waals surface area contributed by atoms with Crippen molar-refractivity contribution < 1.29 is 24.3 Å². The van der Waals surface area contributed by atoms with Crippen molar-refractivity contribution in [1.29, 1.82) is 0 Å². The molecule has 126 valence electrons. The number of fused-ring (bicyclic) bond motifs is 1. The predicted octanol–water partition coefficient (Wildman–Crippen LogP) is 0.148. The van der Waals surface area contributed by atoms with Gasteiger partial charge in [-0.25, -0.2) is 0 Å². The first-order valence-electron chi connectivity index (χ1n) is 7.18. The highest BCUT2D eigenvalue weighted by Gasteiger charge is 2.32. The van der Waals surface area contributed by atoms with Gasteiger partial charge < -0.3 is 20.2 Å². The monoisotopic (exact) mass is 331 g/mol. The predicted molar refractivity (Wildman–Crippen MR) is 85.3 cm³/mol. The number of aldehydes is 1. The van der Waals surface area contributed by atoms with E-state index < -0.39 is 36.8 Å². The third kappa shape index (κ3) is 3.18. The number of carbonyl (C=O) groups is 4. The summed E-state index contributed by atoms with van der Waals surface area (Å²) in [6, 6.07) is 7.38. The Morgan fingerprint density at radius 2 is 2.00 bits per heavy atom. The number of aliphatic carboxylic acids is 1. The summed E-state index contributed by atoms with van der Waals surface area (Å²) >= 11 is 0. The van der Waals surface area contributed by atoms with Crippen LogP contribution in [0.5, 0.6) is 0 Å². The molecule has 1 aromatic carbocycles. The fourth-order valence-corrected chi connectivity index (χ4v) is 2.54. The van der Waals surface area contributed by atoms with E-state index in [0.29, 0.717) is 4.90 Å². The Bertz CT molecular complexity index is 811. The normalized spacial score (nSPS) is 11.9. The van der Waals surface area contributed by atoms with E-state index in [2.05, 4.69) is 0 Å². The number of nitrogens with zero attached hydrogens (tertiary/aromatic N) is 2. The first-order valence-corrected chi connectivity index (χ1v) is 7.18. The number of amides is 2. The van der Waals surface area contributed by atoms with Crippen molar-refractivity contribution in [1.82, 2.24) is 9.47 Å². The fraction of sp³-hybridized carbons (Fsp3) is 0.250. The fourth-order valence-electron chi connectivity index (χ4n) is 2.54. The topological polar surface area (TPSA) is 123 Å². The molecule has 0 spiro atoms. The maximum absolute atomic E-state index is 12.8. The van der Waals surface area contributed by atoms with Gasteiger partial charge in [-0.05, 0) is 12.1 Å². The zero-order chi connectivity index (χ0) is 17.9. The van der Waals surface area contributed by atoms with Crippen molar-refractivity contribution in [3.8, 4) is 0 Å². The van der Waals surface area contributed by atoms with Gasteiger partial charge >= 0.3 is 5.97 Å².